The van der Waals surface area contributed by atoms with Gasteiger partial charge in [0, 0.05) is 17.5 Å². The molecule has 1 N–H and O–H groups in total. The van der Waals surface area contributed by atoms with Gasteiger partial charge in [-0.1, -0.05) is 17.7 Å². The van der Waals surface area contributed by atoms with Crippen LogP contribution < -0.4 is 5.32 Å². The molecule has 0 unspecified atom stereocenters. The average Bonchev–Trinajstić information content (AvgIpc) is 2.83. The van der Waals surface area contributed by atoms with Gasteiger partial charge in [-0.15, -0.1) is 11.3 Å². The molecule has 1 heterocycles. The summed E-state index contributed by atoms with van der Waals surface area (Å²) in [6.45, 7) is 4.05. The first-order chi connectivity index (χ1) is 8.65. The minimum atomic E-state index is 0.0370. The lowest BCUT2D eigenvalue weighted by molar-refractivity contribution is -0.116. The zero-order valence-electron chi connectivity index (χ0n) is 10.6. The largest absolute Gasteiger partial charge is 0.326 e. The highest BCUT2D eigenvalue weighted by Gasteiger charge is 2.06. The Morgan fingerprint density at radius 3 is 2.89 bits per heavy atom. The van der Waals surface area contributed by atoms with Gasteiger partial charge in [0.1, 0.15) is 0 Å². The van der Waals surface area contributed by atoms with Crippen LogP contribution in [0.15, 0.2) is 29.1 Å². The summed E-state index contributed by atoms with van der Waals surface area (Å²) < 4.78 is 0. The number of carbonyl (C=O) groups excluding carboxylic acids is 1. The molecule has 2 aromatic rings. The monoisotopic (exact) mass is 260 g/mol. The fourth-order valence-electron chi connectivity index (χ4n) is 1.77. The SMILES string of the molecule is Cc1ccc(NC(=O)CCc2cscn2)c(C)c1. The minimum Gasteiger partial charge on any atom is -0.326 e. The van der Waals surface area contributed by atoms with E-state index in [9.17, 15) is 4.79 Å². The summed E-state index contributed by atoms with van der Waals surface area (Å²) in [7, 11) is 0. The van der Waals surface area contributed by atoms with Crippen molar-refractivity contribution in [1.29, 1.82) is 0 Å². The molecule has 0 fully saturated rings. The number of benzene rings is 1. The van der Waals surface area contributed by atoms with E-state index in [1.807, 2.05) is 31.4 Å². The number of aryl methyl sites for hydroxylation is 3. The number of rotatable bonds is 4. The number of carbonyl (C=O) groups is 1. The fraction of sp³-hybridized carbons (Fsp3) is 0.286. The highest BCUT2D eigenvalue weighted by atomic mass is 32.1. The predicted octanol–water partition coefficient (Wildman–Crippen LogP) is 3.33. The van der Waals surface area contributed by atoms with Gasteiger partial charge in [-0.3, -0.25) is 4.79 Å². The zero-order chi connectivity index (χ0) is 13.0. The molecule has 0 radical (unpaired) electrons. The van der Waals surface area contributed by atoms with Crippen LogP contribution in [0.25, 0.3) is 0 Å². The summed E-state index contributed by atoms with van der Waals surface area (Å²) in [6.07, 6.45) is 1.16. The lowest BCUT2D eigenvalue weighted by atomic mass is 10.1. The molecule has 0 saturated carbocycles. The Labute approximate surface area is 111 Å². The molecule has 1 amide bonds. The number of nitrogens with zero attached hydrogens (tertiary/aromatic N) is 1. The summed E-state index contributed by atoms with van der Waals surface area (Å²) >= 11 is 1.56. The van der Waals surface area contributed by atoms with E-state index < -0.39 is 0 Å². The third-order valence-electron chi connectivity index (χ3n) is 2.75. The van der Waals surface area contributed by atoms with Gasteiger partial charge in [0.05, 0.1) is 11.2 Å². The van der Waals surface area contributed by atoms with Crippen LogP contribution in [0.4, 0.5) is 5.69 Å². The van der Waals surface area contributed by atoms with E-state index in [2.05, 4.69) is 16.4 Å². The third-order valence-corrected chi connectivity index (χ3v) is 3.38. The molecule has 0 saturated heterocycles. The van der Waals surface area contributed by atoms with Gasteiger partial charge in [-0.05, 0) is 31.9 Å². The molecule has 0 aliphatic carbocycles. The van der Waals surface area contributed by atoms with Crippen LogP contribution in [-0.4, -0.2) is 10.9 Å². The highest BCUT2D eigenvalue weighted by molar-refractivity contribution is 7.07. The molecular formula is C14H16N2OS. The molecular weight excluding hydrogens is 244 g/mol. The van der Waals surface area contributed by atoms with E-state index in [0.29, 0.717) is 12.8 Å². The van der Waals surface area contributed by atoms with Gasteiger partial charge >= 0.3 is 0 Å². The molecule has 94 valence electrons. The molecule has 0 bridgehead atoms. The number of hydrogen-bond acceptors (Lipinski definition) is 3. The molecule has 0 atom stereocenters. The van der Waals surface area contributed by atoms with E-state index in [-0.39, 0.29) is 5.91 Å². The van der Waals surface area contributed by atoms with Crippen molar-refractivity contribution in [2.75, 3.05) is 5.32 Å². The van der Waals surface area contributed by atoms with Crippen molar-refractivity contribution in [3.8, 4) is 0 Å². The van der Waals surface area contributed by atoms with Crippen LogP contribution in [-0.2, 0) is 11.2 Å². The normalized spacial score (nSPS) is 10.3. The van der Waals surface area contributed by atoms with Gasteiger partial charge in [0.15, 0.2) is 0 Å². The second-order valence-electron chi connectivity index (χ2n) is 4.35. The first-order valence-corrected chi connectivity index (χ1v) is 6.83. The number of amides is 1. The Morgan fingerprint density at radius 1 is 1.39 bits per heavy atom. The predicted molar refractivity (Wildman–Crippen MR) is 75.0 cm³/mol. The Kier molecular flexibility index (Phi) is 4.10. The van der Waals surface area contributed by atoms with Crippen LogP contribution in [0.3, 0.4) is 0 Å². The van der Waals surface area contributed by atoms with E-state index in [0.717, 1.165) is 16.9 Å². The second-order valence-corrected chi connectivity index (χ2v) is 5.07. The number of nitrogens with one attached hydrogen (secondary N) is 1. The van der Waals surface area contributed by atoms with Gasteiger partial charge in [-0.2, -0.15) is 0 Å². The number of thiazole rings is 1. The number of aromatic nitrogens is 1. The van der Waals surface area contributed by atoms with Crippen molar-refractivity contribution in [1.82, 2.24) is 4.98 Å². The van der Waals surface area contributed by atoms with Crippen molar-refractivity contribution in [2.24, 2.45) is 0 Å². The molecule has 18 heavy (non-hydrogen) atoms. The summed E-state index contributed by atoms with van der Waals surface area (Å²) in [6, 6.07) is 6.02. The zero-order valence-corrected chi connectivity index (χ0v) is 11.4. The summed E-state index contributed by atoms with van der Waals surface area (Å²) in [5.41, 5.74) is 5.96. The van der Waals surface area contributed by atoms with Crippen molar-refractivity contribution in [3.05, 3.63) is 45.9 Å². The van der Waals surface area contributed by atoms with Crippen LogP contribution in [0.1, 0.15) is 23.2 Å². The van der Waals surface area contributed by atoms with Crippen LogP contribution in [0, 0.1) is 13.8 Å². The Balaban J connectivity index is 1.91. The van der Waals surface area contributed by atoms with Gasteiger partial charge in [0.2, 0.25) is 5.91 Å². The van der Waals surface area contributed by atoms with E-state index in [1.54, 1.807) is 16.8 Å². The van der Waals surface area contributed by atoms with Crippen molar-refractivity contribution < 1.29 is 4.79 Å². The number of hydrogen-bond donors (Lipinski definition) is 1. The van der Waals surface area contributed by atoms with Crippen LogP contribution >= 0.6 is 11.3 Å². The molecule has 0 spiro atoms. The Bertz CT molecular complexity index is 535. The van der Waals surface area contributed by atoms with Gasteiger partial charge in [-0.25, -0.2) is 4.98 Å². The smallest absolute Gasteiger partial charge is 0.224 e. The first-order valence-electron chi connectivity index (χ1n) is 5.89. The maximum Gasteiger partial charge on any atom is 0.224 e. The van der Waals surface area contributed by atoms with Crippen molar-refractivity contribution in [2.45, 2.75) is 26.7 Å². The Hall–Kier alpha value is -1.68. The third kappa shape index (κ3) is 3.40. The molecule has 4 heteroatoms. The molecule has 0 aliphatic rings. The van der Waals surface area contributed by atoms with Crippen LogP contribution in [0.2, 0.25) is 0 Å². The summed E-state index contributed by atoms with van der Waals surface area (Å²) in [5.74, 6) is 0.0370. The molecule has 0 aliphatic heterocycles. The minimum absolute atomic E-state index is 0.0370. The molecule has 2 rings (SSSR count). The lowest BCUT2D eigenvalue weighted by Crippen LogP contribution is -2.13. The second kappa shape index (κ2) is 5.78. The summed E-state index contributed by atoms with van der Waals surface area (Å²) in [4.78, 5) is 16.0. The van der Waals surface area contributed by atoms with E-state index >= 15 is 0 Å². The maximum atomic E-state index is 11.8. The van der Waals surface area contributed by atoms with E-state index in [1.165, 1.54) is 5.56 Å². The molecule has 1 aromatic carbocycles. The van der Waals surface area contributed by atoms with Crippen molar-refractivity contribution in [3.63, 3.8) is 0 Å². The number of anilines is 1. The van der Waals surface area contributed by atoms with Crippen molar-refractivity contribution >= 4 is 22.9 Å². The highest BCUT2D eigenvalue weighted by Crippen LogP contribution is 2.16. The fourth-order valence-corrected chi connectivity index (χ4v) is 2.36. The Morgan fingerprint density at radius 2 is 2.22 bits per heavy atom. The van der Waals surface area contributed by atoms with Gasteiger partial charge in [0.25, 0.3) is 0 Å². The quantitative estimate of drug-likeness (QED) is 0.916. The summed E-state index contributed by atoms with van der Waals surface area (Å²) in [5, 5.41) is 4.91. The van der Waals surface area contributed by atoms with Crippen LogP contribution in [0.5, 0.6) is 0 Å². The van der Waals surface area contributed by atoms with E-state index in [4.69, 9.17) is 0 Å². The lowest BCUT2D eigenvalue weighted by Gasteiger charge is -2.08. The standard InChI is InChI=1S/C14H16N2OS/c1-10-3-5-13(11(2)7-10)16-14(17)6-4-12-8-18-9-15-12/h3,5,7-9H,4,6H2,1-2H3,(H,16,17). The topological polar surface area (TPSA) is 42.0 Å². The van der Waals surface area contributed by atoms with Gasteiger partial charge < -0.3 is 5.32 Å². The first kappa shape index (κ1) is 12.8. The average molecular weight is 260 g/mol. The molecule has 1 aromatic heterocycles. The maximum absolute atomic E-state index is 11.8. The molecule has 3 nitrogen and oxygen atoms in total.